The van der Waals surface area contributed by atoms with Crippen molar-refractivity contribution >= 4 is 0 Å². The first-order valence-corrected chi connectivity index (χ1v) is 4.55. The lowest BCUT2D eigenvalue weighted by Gasteiger charge is -2.13. The Bertz CT molecular complexity index is 81.6. The van der Waals surface area contributed by atoms with Gasteiger partial charge in [0.15, 0.2) is 0 Å². The van der Waals surface area contributed by atoms with Crippen LogP contribution in [0, 0.1) is 0 Å². The molecule has 0 unspecified atom stereocenters. The van der Waals surface area contributed by atoms with Gasteiger partial charge in [-0.1, -0.05) is 6.92 Å². The highest BCUT2D eigenvalue weighted by molar-refractivity contribution is 4.57. The molecule has 1 atom stereocenters. The average molecular weight is 158 g/mol. The third kappa shape index (κ3) is 7.82. The summed E-state index contributed by atoms with van der Waals surface area (Å²) in [6.07, 6.45) is 2.47. The third-order valence-corrected chi connectivity index (χ3v) is 1.89. The lowest BCUT2D eigenvalue weighted by Crippen LogP contribution is -2.28. The van der Waals surface area contributed by atoms with Crippen molar-refractivity contribution in [2.75, 3.05) is 27.2 Å². The van der Waals surface area contributed by atoms with Crippen LogP contribution < -0.4 is 5.32 Å². The van der Waals surface area contributed by atoms with Crippen molar-refractivity contribution in [2.45, 2.75) is 32.7 Å². The molecule has 0 spiro atoms. The molecule has 0 aromatic heterocycles. The molecule has 0 aliphatic carbocycles. The Morgan fingerprint density at radius 1 is 1.36 bits per heavy atom. The van der Waals surface area contributed by atoms with E-state index in [1.807, 2.05) is 0 Å². The molecule has 0 saturated carbocycles. The molecule has 0 heterocycles. The van der Waals surface area contributed by atoms with E-state index in [1.165, 1.54) is 19.4 Å². The summed E-state index contributed by atoms with van der Waals surface area (Å²) >= 11 is 0. The maximum absolute atomic E-state index is 3.46. The van der Waals surface area contributed by atoms with Crippen molar-refractivity contribution in [3.05, 3.63) is 0 Å². The Kier molecular flexibility index (Phi) is 6.57. The van der Waals surface area contributed by atoms with Gasteiger partial charge >= 0.3 is 0 Å². The maximum Gasteiger partial charge on any atom is 0.00361 e. The molecular formula is C9H22N2. The first kappa shape index (κ1) is 10.9. The molecular weight excluding hydrogens is 136 g/mol. The highest BCUT2D eigenvalue weighted by Crippen LogP contribution is 1.88. The minimum absolute atomic E-state index is 0.678. The fourth-order valence-corrected chi connectivity index (χ4v) is 0.888. The Morgan fingerprint density at radius 3 is 2.45 bits per heavy atom. The van der Waals surface area contributed by atoms with Gasteiger partial charge in [-0.05, 0) is 47.0 Å². The molecule has 0 aliphatic rings. The van der Waals surface area contributed by atoms with E-state index in [4.69, 9.17) is 0 Å². The molecule has 2 heteroatoms. The van der Waals surface area contributed by atoms with E-state index < -0.39 is 0 Å². The minimum Gasteiger partial charge on any atom is -0.314 e. The summed E-state index contributed by atoms with van der Waals surface area (Å²) in [5, 5.41) is 3.46. The number of nitrogens with one attached hydrogen (secondary N) is 1. The number of rotatable bonds is 6. The molecule has 68 valence electrons. The van der Waals surface area contributed by atoms with Gasteiger partial charge in [0.2, 0.25) is 0 Å². The van der Waals surface area contributed by atoms with Crippen molar-refractivity contribution in [1.29, 1.82) is 0 Å². The van der Waals surface area contributed by atoms with E-state index >= 15 is 0 Å². The topological polar surface area (TPSA) is 15.3 Å². The standard InChI is InChI=1S/C9H22N2/c1-5-9(2)10-7-6-8-11(3)4/h9-10H,5-8H2,1-4H3/t9-/m0/s1. The zero-order valence-corrected chi connectivity index (χ0v) is 8.35. The van der Waals surface area contributed by atoms with E-state index in [-0.39, 0.29) is 0 Å². The molecule has 1 N–H and O–H groups in total. The Balaban J connectivity index is 3.01. The monoisotopic (exact) mass is 158 g/mol. The van der Waals surface area contributed by atoms with Crippen molar-refractivity contribution in [1.82, 2.24) is 10.2 Å². The molecule has 0 aliphatic heterocycles. The summed E-state index contributed by atoms with van der Waals surface area (Å²) in [6, 6.07) is 0.678. The molecule has 11 heavy (non-hydrogen) atoms. The first-order chi connectivity index (χ1) is 5.16. The summed E-state index contributed by atoms with van der Waals surface area (Å²) in [6.45, 7) is 6.77. The summed E-state index contributed by atoms with van der Waals surface area (Å²) in [4.78, 5) is 2.22. The predicted octanol–water partition coefficient (Wildman–Crippen LogP) is 1.33. The molecule has 0 amide bonds. The highest BCUT2D eigenvalue weighted by atomic mass is 15.1. The van der Waals surface area contributed by atoms with Gasteiger partial charge in [-0.2, -0.15) is 0 Å². The van der Waals surface area contributed by atoms with E-state index in [9.17, 15) is 0 Å². The summed E-state index contributed by atoms with van der Waals surface area (Å²) < 4.78 is 0. The second kappa shape index (κ2) is 6.62. The minimum atomic E-state index is 0.678. The van der Waals surface area contributed by atoms with Crippen LogP contribution in [0.4, 0.5) is 0 Å². The first-order valence-electron chi connectivity index (χ1n) is 4.55. The van der Waals surface area contributed by atoms with E-state index in [0.717, 1.165) is 6.54 Å². The van der Waals surface area contributed by atoms with Crippen LogP contribution in [0.1, 0.15) is 26.7 Å². The summed E-state index contributed by atoms with van der Waals surface area (Å²) in [5.74, 6) is 0. The van der Waals surface area contributed by atoms with Gasteiger partial charge in [0.1, 0.15) is 0 Å². The quantitative estimate of drug-likeness (QED) is 0.587. The summed E-state index contributed by atoms with van der Waals surface area (Å²) in [7, 11) is 4.23. The van der Waals surface area contributed by atoms with Gasteiger partial charge in [-0.15, -0.1) is 0 Å². The predicted molar refractivity (Wildman–Crippen MR) is 50.9 cm³/mol. The highest BCUT2D eigenvalue weighted by Gasteiger charge is 1.95. The molecule has 0 radical (unpaired) electrons. The number of nitrogens with zero attached hydrogens (tertiary/aromatic N) is 1. The van der Waals surface area contributed by atoms with Crippen LogP contribution in [-0.4, -0.2) is 38.1 Å². The van der Waals surface area contributed by atoms with Gasteiger partial charge in [-0.25, -0.2) is 0 Å². The van der Waals surface area contributed by atoms with Crippen LogP contribution in [-0.2, 0) is 0 Å². The van der Waals surface area contributed by atoms with Crippen LogP contribution >= 0.6 is 0 Å². The molecule has 0 aromatic rings. The van der Waals surface area contributed by atoms with Gasteiger partial charge in [0, 0.05) is 6.04 Å². The molecule has 0 saturated heterocycles. The smallest absolute Gasteiger partial charge is 0.00361 e. The van der Waals surface area contributed by atoms with Gasteiger partial charge in [0.05, 0.1) is 0 Å². The Hall–Kier alpha value is -0.0800. The normalized spacial score (nSPS) is 13.9. The van der Waals surface area contributed by atoms with Gasteiger partial charge in [-0.3, -0.25) is 0 Å². The largest absolute Gasteiger partial charge is 0.314 e. The van der Waals surface area contributed by atoms with Crippen molar-refractivity contribution < 1.29 is 0 Å². The van der Waals surface area contributed by atoms with E-state index in [2.05, 4.69) is 38.2 Å². The molecule has 2 nitrogen and oxygen atoms in total. The van der Waals surface area contributed by atoms with E-state index in [1.54, 1.807) is 0 Å². The second-order valence-corrected chi connectivity index (χ2v) is 3.42. The zero-order chi connectivity index (χ0) is 8.69. The molecule has 0 aromatic carbocycles. The van der Waals surface area contributed by atoms with Gasteiger partial charge < -0.3 is 10.2 Å². The van der Waals surface area contributed by atoms with Crippen molar-refractivity contribution in [2.24, 2.45) is 0 Å². The Morgan fingerprint density at radius 2 is 2.00 bits per heavy atom. The van der Waals surface area contributed by atoms with Crippen molar-refractivity contribution in [3.8, 4) is 0 Å². The SMILES string of the molecule is CC[C@H](C)NCCCN(C)C. The number of hydrogen-bond donors (Lipinski definition) is 1. The fraction of sp³-hybridized carbons (Fsp3) is 1.00. The van der Waals surface area contributed by atoms with Gasteiger partial charge in [0.25, 0.3) is 0 Å². The van der Waals surface area contributed by atoms with Crippen LogP contribution in [0.3, 0.4) is 0 Å². The third-order valence-electron chi connectivity index (χ3n) is 1.89. The fourth-order valence-electron chi connectivity index (χ4n) is 0.888. The summed E-state index contributed by atoms with van der Waals surface area (Å²) in [5.41, 5.74) is 0. The van der Waals surface area contributed by atoms with Crippen LogP contribution in [0.25, 0.3) is 0 Å². The Labute approximate surface area is 71.0 Å². The lowest BCUT2D eigenvalue weighted by atomic mass is 10.2. The molecule has 0 bridgehead atoms. The lowest BCUT2D eigenvalue weighted by molar-refractivity contribution is 0.387. The second-order valence-electron chi connectivity index (χ2n) is 3.42. The average Bonchev–Trinajstić information content (AvgIpc) is 1.97. The van der Waals surface area contributed by atoms with E-state index in [0.29, 0.717) is 6.04 Å². The van der Waals surface area contributed by atoms with Crippen LogP contribution in [0.5, 0.6) is 0 Å². The van der Waals surface area contributed by atoms with Crippen molar-refractivity contribution in [3.63, 3.8) is 0 Å². The number of hydrogen-bond acceptors (Lipinski definition) is 2. The zero-order valence-electron chi connectivity index (χ0n) is 8.35. The van der Waals surface area contributed by atoms with Crippen LogP contribution in [0.15, 0.2) is 0 Å². The molecule has 0 rings (SSSR count). The van der Waals surface area contributed by atoms with Crippen LogP contribution in [0.2, 0.25) is 0 Å². The molecule has 0 fully saturated rings. The maximum atomic E-state index is 3.46.